The molecule has 0 amide bonds. The van der Waals surface area contributed by atoms with Crippen molar-refractivity contribution in [2.75, 3.05) is 33.2 Å². The van der Waals surface area contributed by atoms with Crippen LogP contribution in [0.15, 0.2) is 29.3 Å². The molecule has 24 heavy (non-hydrogen) atoms. The SMILES string of the molecule is C/C=C1/c2cc(Cl)ccc2N=C(N2CCN(C)CC2)N1C#CCC. The Kier molecular flexibility index (Phi) is 5.13. The van der Waals surface area contributed by atoms with Gasteiger partial charge in [-0.2, -0.15) is 0 Å². The van der Waals surface area contributed by atoms with Crippen molar-refractivity contribution in [3.8, 4) is 12.0 Å². The fraction of sp³-hybridized carbons (Fsp3) is 0.421. The largest absolute Gasteiger partial charge is 0.339 e. The molecule has 1 saturated heterocycles. The van der Waals surface area contributed by atoms with Crippen LogP contribution in [0.3, 0.4) is 0 Å². The lowest BCUT2D eigenvalue weighted by molar-refractivity contribution is 0.207. The molecule has 2 aliphatic rings. The molecule has 0 aromatic heterocycles. The van der Waals surface area contributed by atoms with Gasteiger partial charge in [0.05, 0.1) is 11.4 Å². The number of benzene rings is 1. The second-order valence-electron chi connectivity index (χ2n) is 6.02. The highest BCUT2D eigenvalue weighted by molar-refractivity contribution is 6.31. The van der Waals surface area contributed by atoms with Gasteiger partial charge in [-0.15, -0.1) is 0 Å². The number of hydrogen-bond donors (Lipinski definition) is 0. The second kappa shape index (κ2) is 7.29. The number of allylic oxidation sites excluding steroid dienone is 1. The van der Waals surface area contributed by atoms with E-state index in [2.05, 4.69) is 41.8 Å². The van der Waals surface area contributed by atoms with Gasteiger partial charge in [-0.05, 0) is 32.2 Å². The van der Waals surface area contributed by atoms with Crippen molar-refractivity contribution in [1.82, 2.24) is 14.7 Å². The summed E-state index contributed by atoms with van der Waals surface area (Å²) in [5.41, 5.74) is 3.04. The van der Waals surface area contributed by atoms with E-state index in [9.17, 15) is 0 Å². The second-order valence-corrected chi connectivity index (χ2v) is 6.45. The lowest BCUT2D eigenvalue weighted by Crippen LogP contribution is -2.51. The van der Waals surface area contributed by atoms with Crippen molar-refractivity contribution in [3.05, 3.63) is 34.9 Å². The molecule has 3 rings (SSSR count). The molecule has 2 heterocycles. The monoisotopic (exact) mass is 342 g/mol. The van der Waals surface area contributed by atoms with Gasteiger partial charge in [0.2, 0.25) is 5.96 Å². The van der Waals surface area contributed by atoms with Gasteiger partial charge in [0.25, 0.3) is 0 Å². The van der Waals surface area contributed by atoms with Gasteiger partial charge >= 0.3 is 0 Å². The van der Waals surface area contributed by atoms with E-state index >= 15 is 0 Å². The molecule has 4 nitrogen and oxygen atoms in total. The number of likely N-dealkylation sites (N-methyl/N-ethyl adjacent to an activating group) is 1. The van der Waals surface area contributed by atoms with Crippen LogP contribution in [0.1, 0.15) is 25.8 Å². The zero-order valence-corrected chi connectivity index (χ0v) is 15.3. The number of nitrogens with zero attached hydrogens (tertiary/aromatic N) is 4. The summed E-state index contributed by atoms with van der Waals surface area (Å²) in [5, 5.41) is 0.717. The molecular formula is C19H23ClN4. The predicted molar refractivity (Wildman–Crippen MR) is 101 cm³/mol. The standard InChI is InChI=1S/C19H23ClN4/c1-4-6-9-24-18(5-2)16-14-15(20)7-8-17(16)21-19(24)23-12-10-22(3)11-13-23/h5,7-8,14H,4,10-13H2,1-3H3/b18-5-. The van der Waals surface area contributed by atoms with Crippen LogP contribution >= 0.6 is 11.6 Å². The lowest BCUT2D eigenvalue weighted by atomic mass is 10.1. The van der Waals surface area contributed by atoms with Gasteiger partial charge in [0.1, 0.15) is 0 Å². The van der Waals surface area contributed by atoms with Crippen molar-refractivity contribution < 1.29 is 0 Å². The molecule has 126 valence electrons. The van der Waals surface area contributed by atoms with E-state index in [1.165, 1.54) is 0 Å². The average Bonchev–Trinajstić information content (AvgIpc) is 2.59. The summed E-state index contributed by atoms with van der Waals surface area (Å²) in [7, 11) is 2.16. The normalized spacial score (nSPS) is 19.7. The smallest absolute Gasteiger partial charge is 0.218 e. The third-order valence-electron chi connectivity index (χ3n) is 4.32. The minimum absolute atomic E-state index is 0.717. The van der Waals surface area contributed by atoms with E-state index in [0.29, 0.717) is 0 Å². The Morgan fingerprint density at radius 1 is 1.25 bits per heavy atom. The van der Waals surface area contributed by atoms with Crippen molar-refractivity contribution in [2.24, 2.45) is 4.99 Å². The highest BCUT2D eigenvalue weighted by Crippen LogP contribution is 2.36. The summed E-state index contributed by atoms with van der Waals surface area (Å²) in [6.07, 6.45) is 2.90. The molecule has 2 aliphatic heterocycles. The molecule has 0 saturated carbocycles. The van der Waals surface area contributed by atoms with Crippen molar-refractivity contribution in [2.45, 2.75) is 20.3 Å². The maximum atomic E-state index is 6.21. The Labute approximate surface area is 149 Å². The third-order valence-corrected chi connectivity index (χ3v) is 4.56. The van der Waals surface area contributed by atoms with Crippen LogP contribution in [0.2, 0.25) is 5.02 Å². The van der Waals surface area contributed by atoms with Gasteiger partial charge in [-0.3, -0.25) is 0 Å². The summed E-state index contributed by atoms with van der Waals surface area (Å²) in [4.78, 5) is 11.6. The van der Waals surface area contributed by atoms with Gasteiger partial charge in [-0.25, -0.2) is 9.89 Å². The minimum atomic E-state index is 0.717. The molecule has 0 radical (unpaired) electrons. The van der Waals surface area contributed by atoms with E-state index in [4.69, 9.17) is 16.6 Å². The minimum Gasteiger partial charge on any atom is -0.339 e. The summed E-state index contributed by atoms with van der Waals surface area (Å²) < 4.78 is 0. The van der Waals surface area contributed by atoms with Gasteiger partial charge in [0.15, 0.2) is 0 Å². The van der Waals surface area contributed by atoms with Crippen LogP contribution in [0.25, 0.3) is 5.70 Å². The van der Waals surface area contributed by atoms with E-state index in [1.54, 1.807) is 0 Å². The highest BCUT2D eigenvalue weighted by Gasteiger charge is 2.29. The molecule has 0 unspecified atom stereocenters. The summed E-state index contributed by atoms with van der Waals surface area (Å²) in [6.45, 7) is 8.08. The van der Waals surface area contributed by atoms with Crippen LogP contribution in [0.5, 0.6) is 0 Å². The summed E-state index contributed by atoms with van der Waals surface area (Å²) >= 11 is 6.21. The fourth-order valence-electron chi connectivity index (χ4n) is 2.97. The van der Waals surface area contributed by atoms with Crippen LogP contribution in [-0.2, 0) is 0 Å². The lowest BCUT2D eigenvalue weighted by Gasteiger charge is -2.39. The third kappa shape index (κ3) is 3.28. The number of fused-ring (bicyclic) bond motifs is 1. The molecule has 0 N–H and O–H groups in total. The van der Waals surface area contributed by atoms with E-state index in [1.807, 2.05) is 30.0 Å². The van der Waals surface area contributed by atoms with E-state index < -0.39 is 0 Å². The molecule has 1 aromatic rings. The molecular weight excluding hydrogens is 320 g/mol. The van der Waals surface area contributed by atoms with Crippen LogP contribution in [-0.4, -0.2) is 53.9 Å². The zero-order valence-electron chi connectivity index (χ0n) is 14.5. The zero-order chi connectivity index (χ0) is 17.1. The predicted octanol–water partition coefficient (Wildman–Crippen LogP) is 3.62. The van der Waals surface area contributed by atoms with Crippen LogP contribution in [0.4, 0.5) is 5.69 Å². The van der Waals surface area contributed by atoms with E-state index in [0.717, 1.165) is 60.5 Å². The first kappa shape index (κ1) is 16.9. The maximum Gasteiger partial charge on any atom is 0.218 e. The van der Waals surface area contributed by atoms with Crippen molar-refractivity contribution in [1.29, 1.82) is 0 Å². The Bertz CT molecular complexity index is 733. The number of rotatable bonds is 0. The Balaban J connectivity index is 2.07. The Morgan fingerprint density at radius 3 is 2.67 bits per heavy atom. The number of piperazine rings is 1. The Morgan fingerprint density at radius 2 is 2.00 bits per heavy atom. The Hall–Kier alpha value is -1.96. The number of aliphatic imine (C=N–C) groups is 1. The number of guanidine groups is 1. The fourth-order valence-corrected chi connectivity index (χ4v) is 3.14. The van der Waals surface area contributed by atoms with Crippen LogP contribution in [0, 0.1) is 12.0 Å². The molecule has 0 bridgehead atoms. The molecule has 0 spiro atoms. The van der Waals surface area contributed by atoms with Gasteiger partial charge in [-0.1, -0.05) is 30.5 Å². The number of hydrogen-bond acceptors (Lipinski definition) is 4. The quantitative estimate of drug-likeness (QED) is 0.672. The summed E-state index contributed by atoms with van der Waals surface area (Å²) in [5.74, 6) is 4.11. The molecule has 0 atom stereocenters. The molecule has 1 fully saturated rings. The topological polar surface area (TPSA) is 22.1 Å². The van der Waals surface area contributed by atoms with Gasteiger partial charge < -0.3 is 9.80 Å². The first-order chi connectivity index (χ1) is 11.6. The van der Waals surface area contributed by atoms with Crippen molar-refractivity contribution >= 4 is 28.9 Å². The van der Waals surface area contributed by atoms with Gasteiger partial charge in [0, 0.05) is 49.2 Å². The molecule has 0 aliphatic carbocycles. The first-order valence-electron chi connectivity index (χ1n) is 8.41. The highest BCUT2D eigenvalue weighted by atomic mass is 35.5. The molecule has 1 aromatic carbocycles. The van der Waals surface area contributed by atoms with E-state index in [-0.39, 0.29) is 0 Å². The molecule has 5 heteroatoms. The van der Waals surface area contributed by atoms with Crippen LogP contribution < -0.4 is 0 Å². The first-order valence-corrected chi connectivity index (χ1v) is 8.79. The average molecular weight is 343 g/mol. The maximum absolute atomic E-state index is 6.21. The summed E-state index contributed by atoms with van der Waals surface area (Å²) in [6, 6.07) is 9.13. The number of halogens is 1. The van der Waals surface area contributed by atoms with Crippen molar-refractivity contribution in [3.63, 3.8) is 0 Å².